The van der Waals surface area contributed by atoms with Gasteiger partial charge in [0.1, 0.15) is 12.6 Å². The van der Waals surface area contributed by atoms with Gasteiger partial charge in [0, 0.05) is 38.9 Å². The standard InChI is InChI=1S/C19H25N3O4/c1-26-11-3-9-20-18(24)15-7-5-14(6-8-15)12-21-13-17(23)22-10-2-4-16(22)19(21)25/h5-8,16H,2-4,9-13H2,1H3,(H,20,24)/t16-/m1/s1. The molecule has 7 heteroatoms. The van der Waals surface area contributed by atoms with E-state index in [9.17, 15) is 14.4 Å². The largest absolute Gasteiger partial charge is 0.385 e. The highest BCUT2D eigenvalue weighted by Crippen LogP contribution is 2.24. The fraction of sp³-hybridized carbons (Fsp3) is 0.526. The lowest BCUT2D eigenvalue weighted by Crippen LogP contribution is -2.56. The van der Waals surface area contributed by atoms with E-state index in [0.717, 1.165) is 24.8 Å². The van der Waals surface area contributed by atoms with Gasteiger partial charge in [0.2, 0.25) is 11.8 Å². The zero-order valence-corrected chi connectivity index (χ0v) is 15.1. The first-order valence-corrected chi connectivity index (χ1v) is 9.04. The molecule has 140 valence electrons. The fourth-order valence-corrected chi connectivity index (χ4v) is 3.50. The van der Waals surface area contributed by atoms with Crippen molar-refractivity contribution in [2.45, 2.75) is 31.8 Å². The normalized spacial score (nSPS) is 19.7. The van der Waals surface area contributed by atoms with Gasteiger partial charge < -0.3 is 19.9 Å². The van der Waals surface area contributed by atoms with Crippen molar-refractivity contribution >= 4 is 17.7 Å². The van der Waals surface area contributed by atoms with E-state index in [2.05, 4.69) is 5.32 Å². The summed E-state index contributed by atoms with van der Waals surface area (Å²) in [5.74, 6) is -0.0697. The predicted molar refractivity (Wildman–Crippen MR) is 95.4 cm³/mol. The van der Waals surface area contributed by atoms with Crippen molar-refractivity contribution in [3.05, 3.63) is 35.4 Å². The van der Waals surface area contributed by atoms with E-state index in [-0.39, 0.29) is 30.3 Å². The molecule has 1 atom stereocenters. The molecule has 0 aliphatic carbocycles. The first-order valence-electron chi connectivity index (χ1n) is 9.04. The Morgan fingerprint density at radius 1 is 1.27 bits per heavy atom. The summed E-state index contributed by atoms with van der Waals surface area (Å²) in [6.45, 7) is 2.40. The van der Waals surface area contributed by atoms with E-state index in [1.807, 2.05) is 12.1 Å². The number of benzene rings is 1. The van der Waals surface area contributed by atoms with Crippen LogP contribution in [0.15, 0.2) is 24.3 Å². The molecule has 0 spiro atoms. The van der Waals surface area contributed by atoms with Gasteiger partial charge in [-0.3, -0.25) is 14.4 Å². The molecule has 0 radical (unpaired) electrons. The van der Waals surface area contributed by atoms with Crippen LogP contribution in [0, 0.1) is 0 Å². The number of piperazine rings is 1. The van der Waals surface area contributed by atoms with Crippen molar-refractivity contribution in [1.82, 2.24) is 15.1 Å². The fourth-order valence-electron chi connectivity index (χ4n) is 3.50. The molecule has 1 N–H and O–H groups in total. The van der Waals surface area contributed by atoms with Crippen LogP contribution in [0.3, 0.4) is 0 Å². The lowest BCUT2D eigenvalue weighted by atomic mass is 10.1. The van der Waals surface area contributed by atoms with Gasteiger partial charge in [-0.05, 0) is 37.0 Å². The molecular weight excluding hydrogens is 334 g/mol. The number of nitrogens with one attached hydrogen (secondary N) is 1. The minimum absolute atomic E-state index is 0.0270. The number of fused-ring (bicyclic) bond motifs is 1. The highest BCUT2D eigenvalue weighted by molar-refractivity contribution is 5.95. The summed E-state index contributed by atoms with van der Waals surface area (Å²) in [6, 6.07) is 6.89. The molecule has 3 amide bonds. The minimum Gasteiger partial charge on any atom is -0.385 e. The van der Waals surface area contributed by atoms with Crippen LogP contribution in [0.5, 0.6) is 0 Å². The van der Waals surface area contributed by atoms with Crippen LogP contribution >= 0.6 is 0 Å². The van der Waals surface area contributed by atoms with E-state index < -0.39 is 0 Å². The van der Waals surface area contributed by atoms with Gasteiger partial charge in [-0.25, -0.2) is 0 Å². The van der Waals surface area contributed by atoms with Crippen molar-refractivity contribution in [2.75, 3.05) is 33.4 Å². The Morgan fingerprint density at radius 2 is 2.04 bits per heavy atom. The monoisotopic (exact) mass is 359 g/mol. The van der Waals surface area contributed by atoms with Crippen LogP contribution < -0.4 is 5.32 Å². The number of methoxy groups -OCH3 is 1. The molecule has 3 rings (SSSR count). The van der Waals surface area contributed by atoms with Crippen molar-refractivity contribution in [1.29, 1.82) is 0 Å². The van der Waals surface area contributed by atoms with Crippen molar-refractivity contribution < 1.29 is 19.1 Å². The lowest BCUT2D eigenvalue weighted by Gasteiger charge is -2.36. The number of hydrogen-bond acceptors (Lipinski definition) is 4. The number of carbonyl (C=O) groups is 3. The second-order valence-electron chi connectivity index (χ2n) is 6.74. The van der Waals surface area contributed by atoms with E-state index >= 15 is 0 Å². The summed E-state index contributed by atoms with van der Waals surface area (Å²) in [6.07, 6.45) is 2.41. The molecule has 2 fully saturated rings. The van der Waals surface area contributed by atoms with E-state index in [1.54, 1.807) is 29.0 Å². The molecule has 26 heavy (non-hydrogen) atoms. The number of ether oxygens (including phenoxy) is 1. The molecule has 2 saturated heterocycles. The van der Waals surface area contributed by atoms with Crippen molar-refractivity contribution in [3.63, 3.8) is 0 Å². The first-order chi connectivity index (χ1) is 12.6. The van der Waals surface area contributed by atoms with Crippen molar-refractivity contribution in [2.24, 2.45) is 0 Å². The maximum absolute atomic E-state index is 12.6. The SMILES string of the molecule is COCCCNC(=O)c1ccc(CN2CC(=O)N3CCC[C@@H]3C2=O)cc1. The summed E-state index contributed by atoms with van der Waals surface area (Å²) in [5, 5.41) is 2.84. The second-order valence-corrected chi connectivity index (χ2v) is 6.74. The Hall–Kier alpha value is -2.41. The Balaban J connectivity index is 1.56. The highest BCUT2D eigenvalue weighted by Gasteiger charge is 2.41. The zero-order valence-electron chi connectivity index (χ0n) is 15.1. The Morgan fingerprint density at radius 3 is 2.77 bits per heavy atom. The van der Waals surface area contributed by atoms with E-state index in [4.69, 9.17) is 4.74 Å². The molecule has 1 aromatic rings. The maximum atomic E-state index is 12.6. The Bertz CT molecular complexity index is 674. The minimum atomic E-state index is -0.284. The molecule has 7 nitrogen and oxygen atoms in total. The smallest absolute Gasteiger partial charge is 0.251 e. The van der Waals surface area contributed by atoms with Gasteiger partial charge in [-0.2, -0.15) is 0 Å². The quantitative estimate of drug-likeness (QED) is 0.730. The molecule has 2 aliphatic rings. The van der Waals surface area contributed by atoms with E-state index in [1.165, 1.54) is 0 Å². The van der Waals surface area contributed by atoms with Crippen LogP contribution in [0.4, 0.5) is 0 Å². The van der Waals surface area contributed by atoms with Gasteiger partial charge in [0.25, 0.3) is 5.91 Å². The van der Waals surface area contributed by atoms with Gasteiger partial charge in [-0.15, -0.1) is 0 Å². The molecule has 0 unspecified atom stereocenters. The molecule has 0 aromatic heterocycles. The number of nitrogens with zero attached hydrogens (tertiary/aromatic N) is 2. The van der Waals surface area contributed by atoms with Crippen LogP contribution in [0.2, 0.25) is 0 Å². The summed E-state index contributed by atoms with van der Waals surface area (Å²) in [5.41, 5.74) is 1.49. The van der Waals surface area contributed by atoms with Crippen molar-refractivity contribution in [3.8, 4) is 0 Å². The molecule has 2 aliphatic heterocycles. The first kappa shape index (κ1) is 18.4. The average molecular weight is 359 g/mol. The summed E-state index contributed by atoms with van der Waals surface area (Å²) >= 11 is 0. The number of amides is 3. The zero-order chi connectivity index (χ0) is 18.5. The van der Waals surface area contributed by atoms with Crippen LogP contribution in [-0.2, 0) is 20.9 Å². The molecule has 0 saturated carbocycles. The van der Waals surface area contributed by atoms with Gasteiger partial charge >= 0.3 is 0 Å². The van der Waals surface area contributed by atoms with Crippen LogP contribution in [0.1, 0.15) is 35.2 Å². The predicted octanol–water partition coefficient (Wildman–Crippen LogP) is 0.786. The highest BCUT2D eigenvalue weighted by atomic mass is 16.5. The topological polar surface area (TPSA) is 79.0 Å². The van der Waals surface area contributed by atoms with Gasteiger partial charge in [-0.1, -0.05) is 12.1 Å². The van der Waals surface area contributed by atoms with Crippen LogP contribution in [-0.4, -0.2) is 66.9 Å². The number of hydrogen-bond donors (Lipinski definition) is 1. The summed E-state index contributed by atoms with van der Waals surface area (Å²) in [4.78, 5) is 40.1. The third-order valence-corrected chi connectivity index (χ3v) is 4.90. The molecule has 0 bridgehead atoms. The Labute approximate surface area is 153 Å². The maximum Gasteiger partial charge on any atom is 0.251 e. The molecule has 1 aromatic carbocycles. The third-order valence-electron chi connectivity index (χ3n) is 4.90. The molecular formula is C19H25N3O4. The summed E-state index contributed by atoms with van der Waals surface area (Å²) < 4.78 is 4.95. The lowest BCUT2D eigenvalue weighted by molar-refractivity contribution is -0.154. The van der Waals surface area contributed by atoms with Gasteiger partial charge in [0.15, 0.2) is 0 Å². The number of carbonyl (C=O) groups excluding carboxylic acids is 3. The van der Waals surface area contributed by atoms with Crippen LogP contribution in [0.25, 0.3) is 0 Å². The van der Waals surface area contributed by atoms with E-state index in [0.29, 0.717) is 31.8 Å². The number of rotatable bonds is 7. The second kappa shape index (κ2) is 8.31. The Kier molecular flexibility index (Phi) is 5.88. The molecule has 2 heterocycles. The summed E-state index contributed by atoms with van der Waals surface area (Å²) in [7, 11) is 1.63. The van der Waals surface area contributed by atoms with Gasteiger partial charge in [0.05, 0.1) is 0 Å². The third kappa shape index (κ3) is 4.04. The average Bonchev–Trinajstić information content (AvgIpc) is 3.14.